The highest BCUT2D eigenvalue weighted by molar-refractivity contribution is 9.10. The number of carboxylic acid groups (broad SMARTS) is 1. The van der Waals surface area contributed by atoms with Crippen LogP contribution < -0.4 is 0 Å². The first kappa shape index (κ1) is 14.5. The van der Waals surface area contributed by atoms with Crippen molar-refractivity contribution in [3.63, 3.8) is 0 Å². The van der Waals surface area contributed by atoms with E-state index in [1.807, 2.05) is 0 Å². The van der Waals surface area contributed by atoms with Crippen molar-refractivity contribution >= 4 is 49.6 Å². The molecule has 7 heteroatoms. The number of carboxylic acids is 1. The smallest absolute Gasteiger partial charge is 0.336 e. The van der Waals surface area contributed by atoms with E-state index in [0.717, 1.165) is 16.2 Å². The quantitative estimate of drug-likeness (QED) is 0.809. The van der Waals surface area contributed by atoms with Gasteiger partial charge in [-0.3, -0.25) is 0 Å². The number of nitrogens with zero attached hydrogens (tertiary/aromatic N) is 1. The Labute approximate surface area is 129 Å². The Kier molecular flexibility index (Phi) is 4.59. The van der Waals surface area contributed by atoms with E-state index in [4.69, 9.17) is 5.11 Å². The van der Waals surface area contributed by atoms with Crippen LogP contribution in [-0.2, 0) is 0 Å². The Morgan fingerprint density at radius 1 is 1.32 bits per heavy atom. The Bertz CT molecular complexity index is 652. The van der Waals surface area contributed by atoms with Gasteiger partial charge in [-0.25, -0.2) is 14.2 Å². The van der Waals surface area contributed by atoms with E-state index in [9.17, 15) is 9.18 Å². The van der Waals surface area contributed by atoms with Gasteiger partial charge >= 0.3 is 5.97 Å². The van der Waals surface area contributed by atoms with Crippen LogP contribution in [0.25, 0.3) is 0 Å². The van der Waals surface area contributed by atoms with E-state index in [2.05, 4.69) is 36.8 Å². The van der Waals surface area contributed by atoms with Crippen LogP contribution in [0.2, 0.25) is 0 Å². The second-order valence-corrected chi connectivity index (χ2v) is 6.11. The average molecular weight is 407 g/mol. The predicted octanol–water partition coefficient (Wildman–Crippen LogP) is 4.60. The standard InChI is InChI=1S/C12H6Br2FNO2S/c13-7-2-1-5-16-11(7)19-8-4-3-6(12(17)18)9(14)10(8)15/h1-5H,(H,17,18). The van der Waals surface area contributed by atoms with Crippen LogP contribution in [0.15, 0.2) is 49.3 Å². The van der Waals surface area contributed by atoms with E-state index in [1.165, 1.54) is 12.1 Å². The fourth-order valence-corrected chi connectivity index (χ4v) is 3.29. The highest BCUT2D eigenvalue weighted by atomic mass is 79.9. The number of benzene rings is 1. The predicted molar refractivity (Wildman–Crippen MR) is 77.1 cm³/mol. The molecule has 0 spiro atoms. The van der Waals surface area contributed by atoms with Crippen molar-refractivity contribution in [3.8, 4) is 0 Å². The van der Waals surface area contributed by atoms with Gasteiger partial charge in [0.15, 0.2) is 5.82 Å². The van der Waals surface area contributed by atoms with Gasteiger partial charge in [-0.15, -0.1) is 0 Å². The lowest BCUT2D eigenvalue weighted by Crippen LogP contribution is -2.00. The van der Waals surface area contributed by atoms with Crippen LogP contribution >= 0.6 is 43.6 Å². The summed E-state index contributed by atoms with van der Waals surface area (Å²) in [6, 6.07) is 6.34. The van der Waals surface area contributed by atoms with E-state index in [1.54, 1.807) is 18.3 Å². The van der Waals surface area contributed by atoms with Crippen molar-refractivity contribution < 1.29 is 14.3 Å². The molecule has 0 bridgehead atoms. The summed E-state index contributed by atoms with van der Waals surface area (Å²) in [5.74, 6) is -1.79. The molecule has 0 saturated carbocycles. The zero-order chi connectivity index (χ0) is 14.0. The lowest BCUT2D eigenvalue weighted by molar-refractivity contribution is 0.0695. The molecule has 0 aliphatic rings. The number of hydrogen-bond acceptors (Lipinski definition) is 3. The molecule has 19 heavy (non-hydrogen) atoms. The molecule has 1 aromatic heterocycles. The Hall–Kier alpha value is -0.920. The Morgan fingerprint density at radius 2 is 2.05 bits per heavy atom. The molecule has 0 unspecified atom stereocenters. The van der Waals surface area contributed by atoms with Crippen LogP contribution in [0.5, 0.6) is 0 Å². The number of halogens is 3. The minimum Gasteiger partial charge on any atom is -0.478 e. The molecule has 0 aliphatic heterocycles. The summed E-state index contributed by atoms with van der Waals surface area (Å²) >= 11 is 7.40. The van der Waals surface area contributed by atoms with Gasteiger partial charge in [0.05, 0.1) is 19.4 Å². The monoisotopic (exact) mass is 405 g/mol. The topological polar surface area (TPSA) is 50.2 Å². The van der Waals surface area contributed by atoms with E-state index < -0.39 is 11.8 Å². The second-order valence-electron chi connectivity index (χ2n) is 3.44. The molecule has 0 fully saturated rings. The van der Waals surface area contributed by atoms with Crippen molar-refractivity contribution in [2.75, 3.05) is 0 Å². The van der Waals surface area contributed by atoms with Crippen molar-refractivity contribution in [1.82, 2.24) is 4.98 Å². The fourth-order valence-electron chi connectivity index (χ4n) is 1.33. The highest BCUT2D eigenvalue weighted by Crippen LogP contribution is 2.36. The van der Waals surface area contributed by atoms with Gasteiger partial charge in [-0.1, -0.05) is 11.8 Å². The number of aromatic nitrogens is 1. The molecular weight excluding hydrogens is 401 g/mol. The summed E-state index contributed by atoms with van der Waals surface area (Å²) in [6.07, 6.45) is 1.60. The summed E-state index contributed by atoms with van der Waals surface area (Å²) in [7, 11) is 0. The van der Waals surface area contributed by atoms with Crippen LogP contribution in [-0.4, -0.2) is 16.1 Å². The molecule has 2 aromatic rings. The van der Waals surface area contributed by atoms with Crippen molar-refractivity contribution in [3.05, 3.63) is 50.8 Å². The van der Waals surface area contributed by atoms with E-state index >= 15 is 0 Å². The van der Waals surface area contributed by atoms with Gasteiger partial charge in [-0.2, -0.15) is 0 Å². The Morgan fingerprint density at radius 3 is 2.68 bits per heavy atom. The molecule has 1 heterocycles. The normalized spacial score (nSPS) is 10.5. The van der Waals surface area contributed by atoms with Crippen molar-refractivity contribution in [2.45, 2.75) is 9.92 Å². The van der Waals surface area contributed by atoms with Gasteiger partial charge in [0.2, 0.25) is 0 Å². The van der Waals surface area contributed by atoms with E-state index in [0.29, 0.717) is 9.92 Å². The van der Waals surface area contributed by atoms with Crippen molar-refractivity contribution in [2.24, 2.45) is 0 Å². The zero-order valence-corrected chi connectivity index (χ0v) is 13.2. The maximum atomic E-state index is 14.1. The Balaban J connectivity index is 2.40. The van der Waals surface area contributed by atoms with Crippen LogP contribution in [0.3, 0.4) is 0 Å². The first-order valence-electron chi connectivity index (χ1n) is 5.00. The molecule has 0 atom stereocenters. The molecule has 0 aliphatic carbocycles. The SMILES string of the molecule is O=C(O)c1ccc(Sc2ncccc2Br)c(F)c1Br. The molecule has 3 nitrogen and oxygen atoms in total. The third-order valence-corrected chi connectivity index (χ3v) is 4.94. The highest BCUT2D eigenvalue weighted by Gasteiger charge is 2.17. The molecule has 98 valence electrons. The lowest BCUT2D eigenvalue weighted by Gasteiger charge is -2.07. The van der Waals surface area contributed by atoms with Gasteiger partial charge in [-0.05, 0) is 56.1 Å². The molecular formula is C12H6Br2FNO2S. The second kappa shape index (κ2) is 6.02. The van der Waals surface area contributed by atoms with Crippen molar-refractivity contribution in [1.29, 1.82) is 0 Å². The number of aromatic carboxylic acids is 1. The first-order valence-corrected chi connectivity index (χ1v) is 7.40. The summed E-state index contributed by atoms with van der Waals surface area (Å²) in [5.41, 5.74) is -0.109. The fraction of sp³-hybridized carbons (Fsp3) is 0. The van der Waals surface area contributed by atoms with Crippen LogP contribution in [0.4, 0.5) is 4.39 Å². The van der Waals surface area contributed by atoms with Gasteiger partial charge in [0, 0.05) is 6.20 Å². The van der Waals surface area contributed by atoms with E-state index in [-0.39, 0.29) is 10.0 Å². The molecule has 0 amide bonds. The van der Waals surface area contributed by atoms with Crippen LogP contribution in [0, 0.1) is 5.82 Å². The first-order chi connectivity index (χ1) is 9.00. The number of pyridine rings is 1. The largest absolute Gasteiger partial charge is 0.478 e. The maximum absolute atomic E-state index is 14.1. The third kappa shape index (κ3) is 3.16. The van der Waals surface area contributed by atoms with Crippen LogP contribution in [0.1, 0.15) is 10.4 Å². The summed E-state index contributed by atoms with van der Waals surface area (Å²) < 4.78 is 14.8. The maximum Gasteiger partial charge on any atom is 0.336 e. The minimum absolute atomic E-state index is 0.0583. The molecule has 1 aromatic carbocycles. The number of hydrogen-bond donors (Lipinski definition) is 1. The lowest BCUT2D eigenvalue weighted by atomic mass is 10.2. The third-order valence-electron chi connectivity index (χ3n) is 2.21. The number of carbonyl (C=O) groups is 1. The minimum atomic E-state index is -1.18. The van der Waals surface area contributed by atoms with Gasteiger partial charge in [0.25, 0.3) is 0 Å². The summed E-state index contributed by atoms with van der Waals surface area (Å²) in [4.78, 5) is 15.3. The summed E-state index contributed by atoms with van der Waals surface area (Å²) in [6.45, 7) is 0. The molecule has 0 saturated heterocycles. The van der Waals surface area contributed by atoms with Gasteiger partial charge in [0.1, 0.15) is 5.03 Å². The number of rotatable bonds is 3. The van der Waals surface area contributed by atoms with Gasteiger partial charge < -0.3 is 5.11 Å². The summed E-state index contributed by atoms with van der Waals surface area (Å²) in [5, 5.41) is 9.50. The zero-order valence-electron chi connectivity index (χ0n) is 9.23. The molecule has 1 N–H and O–H groups in total. The molecule has 2 rings (SSSR count). The average Bonchev–Trinajstić information content (AvgIpc) is 2.37. The molecule has 0 radical (unpaired) electrons.